The van der Waals surface area contributed by atoms with Crippen molar-refractivity contribution >= 4 is 23.6 Å². The van der Waals surface area contributed by atoms with Crippen molar-refractivity contribution in [2.45, 2.75) is 25.3 Å². The van der Waals surface area contributed by atoms with Gasteiger partial charge in [-0.1, -0.05) is 23.7 Å². The van der Waals surface area contributed by atoms with Crippen molar-refractivity contribution in [3.8, 4) is 0 Å². The molecule has 0 fully saturated rings. The van der Waals surface area contributed by atoms with Crippen LogP contribution in [-0.2, 0) is 17.6 Å². The van der Waals surface area contributed by atoms with E-state index in [1.54, 1.807) is 30.6 Å². The molecular formula is C16H16ClN3O. The van der Waals surface area contributed by atoms with Crippen LogP contribution >= 0.6 is 11.6 Å². The summed E-state index contributed by atoms with van der Waals surface area (Å²) in [7, 11) is 0. The largest absolute Gasteiger partial charge is 0.349 e. The first kappa shape index (κ1) is 13.9. The third-order valence-electron chi connectivity index (χ3n) is 3.63. The van der Waals surface area contributed by atoms with Crippen LogP contribution < -0.4 is 5.32 Å². The van der Waals surface area contributed by atoms with Gasteiger partial charge < -0.3 is 10.3 Å². The van der Waals surface area contributed by atoms with Gasteiger partial charge in [0.1, 0.15) is 0 Å². The molecule has 0 saturated carbocycles. The van der Waals surface area contributed by atoms with Gasteiger partial charge >= 0.3 is 0 Å². The fourth-order valence-corrected chi connectivity index (χ4v) is 2.65. The smallest absolute Gasteiger partial charge is 0.244 e. The highest BCUT2D eigenvalue weighted by molar-refractivity contribution is 6.30. The quantitative estimate of drug-likeness (QED) is 0.857. The summed E-state index contributed by atoms with van der Waals surface area (Å²) in [6.45, 7) is 0. The van der Waals surface area contributed by atoms with Gasteiger partial charge in [0, 0.05) is 29.3 Å². The molecule has 1 amide bonds. The molecule has 2 aromatic rings. The Bertz CT molecular complexity index is 660. The molecule has 1 heterocycles. The van der Waals surface area contributed by atoms with Crippen molar-refractivity contribution in [3.05, 3.63) is 58.6 Å². The molecule has 0 radical (unpaired) electrons. The van der Waals surface area contributed by atoms with E-state index in [2.05, 4.69) is 15.3 Å². The van der Waals surface area contributed by atoms with Crippen molar-refractivity contribution in [2.75, 3.05) is 0 Å². The first-order valence-electron chi connectivity index (χ1n) is 6.96. The molecule has 108 valence electrons. The van der Waals surface area contributed by atoms with Crippen LogP contribution in [0.15, 0.2) is 36.7 Å². The summed E-state index contributed by atoms with van der Waals surface area (Å²) in [5.74, 6) is -0.0714. The van der Waals surface area contributed by atoms with Crippen LogP contribution in [0.4, 0.5) is 0 Å². The Kier molecular flexibility index (Phi) is 4.06. The Hall–Kier alpha value is -2.07. The summed E-state index contributed by atoms with van der Waals surface area (Å²) in [6, 6.07) is 7.54. The van der Waals surface area contributed by atoms with E-state index in [-0.39, 0.29) is 11.9 Å². The van der Waals surface area contributed by atoms with E-state index < -0.39 is 0 Å². The Morgan fingerprint density at radius 1 is 1.38 bits per heavy atom. The number of nitrogens with one attached hydrogen (secondary N) is 2. The summed E-state index contributed by atoms with van der Waals surface area (Å²) < 4.78 is 0. The van der Waals surface area contributed by atoms with Crippen LogP contribution in [0.5, 0.6) is 0 Å². The highest BCUT2D eigenvalue weighted by atomic mass is 35.5. The third kappa shape index (κ3) is 3.52. The zero-order valence-electron chi connectivity index (χ0n) is 11.5. The zero-order chi connectivity index (χ0) is 14.7. The third-order valence-corrected chi connectivity index (χ3v) is 3.88. The van der Waals surface area contributed by atoms with Gasteiger partial charge in [0.05, 0.1) is 12.0 Å². The lowest BCUT2D eigenvalue weighted by Crippen LogP contribution is -2.38. The van der Waals surface area contributed by atoms with Crippen LogP contribution in [0.25, 0.3) is 6.08 Å². The molecule has 1 atom stereocenters. The van der Waals surface area contributed by atoms with E-state index in [0.29, 0.717) is 5.02 Å². The van der Waals surface area contributed by atoms with Crippen LogP contribution in [0, 0.1) is 0 Å². The Labute approximate surface area is 128 Å². The molecule has 1 aliphatic carbocycles. The Balaban J connectivity index is 1.56. The molecule has 1 aromatic carbocycles. The van der Waals surface area contributed by atoms with E-state index >= 15 is 0 Å². The molecule has 1 unspecified atom stereocenters. The molecule has 2 N–H and O–H groups in total. The second-order valence-electron chi connectivity index (χ2n) is 5.16. The number of rotatable bonds is 3. The summed E-state index contributed by atoms with van der Waals surface area (Å²) >= 11 is 5.82. The lowest BCUT2D eigenvalue weighted by Gasteiger charge is -2.21. The second kappa shape index (κ2) is 6.14. The number of H-pyrrole nitrogens is 1. The average molecular weight is 302 g/mol. The van der Waals surface area contributed by atoms with Gasteiger partial charge in [0.25, 0.3) is 0 Å². The van der Waals surface area contributed by atoms with E-state index in [1.165, 1.54) is 0 Å². The predicted molar refractivity (Wildman–Crippen MR) is 83.0 cm³/mol. The fourth-order valence-electron chi connectivity index (χ4n) is 2.52. The van der Waals surface area contributed by atoms with Crippen LogP contribution in [0.1, 0.15) is 23.4 Å². The fraction of sp³-hybridized carbons (Fsp3) is 0.250. The molecule has 4 nitrogen and oxygen atoms in total. The average Bonchev–Trinajstić information content (AvgIpc) is 2.94. The number of carbonyl (C=O) groups is 1. The molecule has 3 rings (SSSR count). The number of aromatic amines is 1. The van der Waals surface area contributed by atoms with Crippen LogP contribution in [-0.4, -0.2) is 21.9 Å². The highest BCUT2D eigenvalue weighted by Gasteiger charge is 2.21. The summed E-state index contributed by atoms with van der Waals surface area (Å²) in [5, 5.41) is 3.72. The topological polar surface area (TPSA) is 57.8 Å². The second-order valence-corrected chi connectivity index (χ2v) is 5.60. The van der Waals surface area contributed by atoms with Crippen LogP contribution in [0.2, 0.25) is 5.02 Å². The number of fused-ring (bicyclic) bond motifs is 1. The lowest BCUT2D eigenvalue weighted by molar-refractivity contribution is -0.117. The maximum atomic E-state index is 12.0. The minimum atomic E-state index is -0.0714. The number of amides is 1. The van der Waals surface area contributed by atoms with E-state index in [1.807, 2.05) is 12.1 Å². The van der Waals surface area contributed by atoms with Gasteiger partial charge in [-0.3, -0.25) is 4.79 Å². The van der Waals surface area contributed by atoms with Crippen LogP contribution in [0.3, 0.4) is 0 Å². The van der Waals surface area contributed by atoms with E-state index in [9.17, 15) is 4.79 Å². The molecular weight excluding hydrogens is 286 g/mol. The molecule has 0 spiro atoms. The summed E-state index contributed by atoms with van der Waals surface area (Å²) in [6.07, 6.45) is 7.72. The molecule has 1 aliphatic rings. The minimum Gasteiger partial charge on any atom is -0.349 e. The Morgan fingerprint density at radius 3 is 3.00 bits per heavy atom. The molecule has 0 aliphatic heterocycles. The van der Waals surface area contributed by atoms with Crippen molar-refractivity contribution < 1.29 is 4.79 Å². The van der Waals surface area contributed by atoms with Gasteiger partial charge in [0.15, 0.2) is 0 Å². The highest BCUT2D eigenvalue weighted by Crippen LogP contribution is 2.17. The van der Waals surface area contributed by atoms with Crippen molar-refractivity contribution in [1.29, 1.82) is 0 Å². The van der Waals surface area contributed by atoms with Crippen molar-refractivity contribution in [3.63, 3.8) is 0 Å². The standard InChI is InChI=1S/C16H16ClN3O/c17-12-4-1-11(2-5-12)3-8-16(21)20-13-6-7-14-15(9-13)19-10-18-14/h1-5,8,10,13H,6-7,9H2,(H,18,19)(H,20,21)/b8-3+. The van der Waals surface area contributed by atoms with E-state index in [0.717, 1.165) is 36.2 Å². The molecule has 1 aromatic heterocycles. The van der Waals surface area contributed by atoms with Gasteiger partial charge in [-0.2, -0.15) is 0 Å². The lowest BCUT2D eigenvalue weighted by atomic mass is 9.96. The Morgan fingerprint density at radius 2 is 2.19 bits per heavy atom. The number of aromatic nitrogens is 2. The normalized spacial score (nSPS) is 17.7. The summed E-state index contributed by atoms with van der Waals surface area (Å²) in [5.41, 5.74) is 3.21. The van der Waals surface area contributed by atoms with Crippen molar-refractivity contribution in [1.82, 2.24) is 15.3 Å². The van der Waals surface area contributed by atoms with Gasteiger partial charge in [-0.05, 0) is 36.6 Å². The summed E-state index contributed by atoms with van der Waals surface area (Å²) in [4.78, 5) is 19.3. The maximum absolute atomic E-state index is 12.0. The SMILES string of the molecule is O=C(/C=C/c1ccc(Cl)cc1)NC1CCc2nc[nH]c2C1. The number of halogens is 1. The van der Waals surface area contributed by atoms with Crippen molar-refractivity contribution in [2.24, 2.45) is 0 Å². The number of hydrogen-bond acceptors (Lipinski definition) is 2. The molecule has 21 heavy (non-hydrogen) atoms. The number of aryl methyl sites for hydroxylation is 1. The monoisotopic (exact) mass is 301 g/mol. The number of imidazole rings is 1. The van der Waals surface area contributed by atoms with Gasteiger partial charge in [-0.15, -0.1) is 0 Å². The van der Waals surface area contributed by atoms with E-state index in [4.69, 9.17) is 11.6 Å². The predicted octanol–water partition coefficient (Wildman–Crippen LogP) is 2.75. The zero-order valence-corrected chi connectivity index (χ0v) is 12.2. The molecule has 0 saturated heterocycles. The first-order chi connectivity index (χ1) is 10.2. The minimum absolute atomic E-state index is 0.0714. The number of carbonyl (C=O) groups excluding carboxylic acids is 1. The number of nitrogens with zero attached hydrogens (tertiary/aromatic N) is 1. The number of benzene rings is 1. The number of hydrogen-bond donors (Lipinski definition) is 2. The molecule has 0 bridgehead atoms. The van der Waals surface area contributed by atoms with Gasteiger partial charge in [0.2, 0.25) is 5.91 Å². The molecule has 5 heteroatoms. The maximum Gasteiger partial charge on any atom is 0.244 e. The van der Waals surface area contributed by atoms with Gasteiger partial charge in [-0.25, -0.2) is 4.98 Å². The first-order valence-corrected chi connectivity index (χ1v) is 7.34.